The van der Waals surface area contributed by atoms with Gasteiger partial charge in [0.1, 0.15) is 0 Å². The highest BCUT2D eigenvalue weighted by atomic mass is 32.1. The second-order valence-corrected chi connectivity index (χ2v) is 8.70. The molecule has 26 heavy (non-hydrogen) atoms. The first kappa shape index (κ1) is 18.2. The van der Waals surface area contributed by atoms with Crippen LogP contribution in [-0.2, 0) is 6.54 Å². The molecule has 0 radical (unpaired) electrons. The molecule has 0 spiro atoms. The Balaban J connectivity index is 1.25. The van der Waals surface area contributed by atoms with Crippen molar-refractivity contribution in [3.05, 3.63) is 58.3 Å². The Morgan fingerprint density at radius 3 is 2.42 bits per heavy atom. The minimum absolute atomic E-state index is 0.569. The lowest BCUT2D eigenvalue weighted by molar-refractivity contribution is 0.177. The predicted octanol–water partition coefficient (Wildman–Crippen LogP) is 4.14. The van der Waals surface area contributed by atoms with Crippen LogP contribution in [0.5, 0.6) is 0 Å². The molecule has 1 aromatic heterocycles. The van der Waals surface area contributed by atoms with Gasteiger partial charge in [0.15, 0.2) is 0 Å². The molecular weight excluding hydrogens is 338 g/mol. The van der Waals surface area contributed by atoms with Crippen molar-refractivity contribution in [3.63, 3.8) is 0 Å². The number of hydrogen-bond acceptors (Lipinski definition) is 4. The number of rotatable bonds is 7. The van der Waals surface area contributed by atoms with Crippen molar-refractivity contribution in [3.8, 4) is 0 Å². The average Bonchev–Trinajstić information content (AvgIpc) is 3.39. The second kappa shape index (κ2) is 9.14. The molecule has 0 saturated carbocycles. The molecule has 0 amide bonds. The highest BCUT2D eigenvalue weighted by molar-refractivity contribution is 7.10. The Labute approximate surface area is 162 Å². The highest BCUT2D eigenvalue weighted by Crippen LogP contribution is 2.28. The summed E-state index contributed by atoms with van der Waals surface area (Å²) in [5, 5.41) is 6.13. The van der Waals surface area contributed by atoms with Crippen molar-refractivity contribution >= 4 is 11.3 Å². The largest absolute Gasteiger partial charge is 0.312 e. The van der Waals surface area contributed by atoms with Crippen LogP contribution >= 0.6 is 11.3 Å². The fraction of sp³-hybridized carbons (Fsp3) is 0.545. The van der Waals surface area contributed by atoms with E-state index in [1.165, 1.54) is 62.3 Å². The van der Waals surface area contributed by atoms with E-state index < -0.39 is 0 Å². The first-order chi connectivity index (χ1) is 12.9. The molecule has 0 bridgehead atoms. The molecule has 2 aliphatic heterocycles. The van der Waals surface area contributed by atoms with Crippen LogP contribution < -0.4 is 5.32 Å². The molecule has 2 aliphatic rings. The van der Waals surface area contributed by atoms with Crippen molar-refractivity contribution in [1.29, 1.82) is 0 Å². The zero-order valence-corrected chi connectivity index (χ0v) is 16.5. The molecule has 4 heteroatoms. The van der Waals surface area contributed by atoms with Gasteiger partial charge in [-0.2, -0.15) is 0 Å². The van der Waals surface area contributed by atoms with Gasteiger partial charge in [0.2, 0.25) is 0 Å². The third-order valence-electron chi connectivity index (χ3n) is 5.89. The molecule has 1 aromatic carbocycles. The Hall–Kier alpha value is -1.20. The first-order valence-electron chi connectivity index (χ1n) is 10.2. The molecule has 4 rings (SSSR count). The van der Waals surface area contributed by atoms with E-state index in [1.54, 1.807) is 0 Å². The topological polar surface area (TPSA) is 18.5 Å². The summed E-state index contributed by atoms with van der Waals surface area (Å²) in [7, 11) is 0. The van der Waals surface area contributed by atoms with Crippen molar-refractivity contribution in [2.24, 2.45) is 0 Å². The van der Waals surface area contributed by atoms with Gasteiger partial charge in [-0.1, -0.05) is 36.4 Å². The van der Waals surface area contributed by atoms with E-state index in [2.05, 4.69) is 63.0 Å². The Bertz CT molecular complexity index is 629. The number of nitrogens with zero attached hydrogens (tertiary/aromatic N) is 2. The Morgan fingerprint density at radius 2 is 1.73 bits per heavy atom. The second-order valence-electron chi connectivity index (χ2n) is 7.72. The quantitative estimate of drug-likeness (QED) is 0.791. The van der Waals surface area contributed by atoms with Gasteiger partial charge in [0.25, 0.3) is 0 Å². The fourth-order valence-corrected chi connectivity index (χ4v) is 5.22. The summed E-state index contributed by atoms with van der Waals surface area (Å²) in [5.41, 5.74) is 1.44. The molecule has 140 valence electrons. The van der Waals surface area contributed by atoms with Crippen LogP contribution in [0.2, 0.25) is 0 Å². The number of hydrogen-bond donors (Lipinski definition) is 1. The van der Waals surface area contributed by atoms with Gasteiger partial charge in [-0.15, -0.1) is 11.3 Å². The normalized spacial score (nSPS) is 21.2. The standard InChI is InChI=1S/C22H31N3S/c1-2-7-19(8-3-1)18-24-14-10-20(11-15-24)23-17-21(22-9-6-16-26-22)25-12-4-5-13-25/h1-3,6-9,16,20-21,23H,4-5,10-15,17-18H2. The number of thiophene rings is 1. The molecule has 3 nitrogen and oxygen atoms in total. The molecule has 2 aromatic rings. The van der Waals surface area contributed by atoms with Crippen molar-refractivity contribution in [2.75, 3.05) is 32.7 Å². The monoisotopic (exact) mass is 369 g/mol. The van der Waals surface area contributed by atoms with Gasteiger partial charge in [0.05, 0.1) is 6.04 Å². The van der Waals surface area contributed by atoms with Gasteiger partial charge in [-0.05, 0) is 68.9 Å². The van der Waals surface area contributed by atoms with E-state index in [0.717, 1.165) is 13.1 Å². The Morgan fingerprint density at radius 1 is 0.962 bits per heavy atom. The van der Waals surface area contributed by atoms with Crippen LogP contribution in [0.4, 0.5) is 0 Å². The fourth-order valence-electron chi connectivity index (χ4n) is 4.36. The van der Waals surface area contributed by atoms with Crippen molar-refractivity contribution in [2.45, 2.75) is 44.3 Å². The van der Waals surface area contributed by atoms with Gasteiger partial charge >= 0.3 is 0 Å². The van der Waals surface area contributed by atoms with Crippen LogP contribution in [-0.4, -0.2) is 48.6 Å². The molecule has 1 unspecified atom stereocenters. The zero-order valence-electron chi connectivity index (χ0n) is 15.6. The lowest BCUT2D eigenvalue weighted by Gasteiger charge is -2.34. The summed E-state index contributed by atoms with van der Waals surface area (Å²) >= 11 is 1.92. The summed E-state index contributed by atoms with van der Waals surface area (Å²) in [6, 6.07) is 16.6. The molecule has 1 atom stereocenters. The van der Waals surface area contributed by atoms with Crippen molar-refractivity contribution < 1.29 is 0 Å². The lowest BCUT2D eigenvalue weighted by atomic mass is 10.0. The molecule has 2 fully saturated rings. The first-order valence-corrected chi connectivity index (χ1v) is 11.0. The molecule has 1 N–H and O–H groups in total. The van der Waals surface area contributed by atoms with E-state index in [1.807, 2.05) is 11.3 Å². The molecular formula is C22H31N3S. The number of nitrogens with one attached hydrogen (secondary N) is 1. The summed E-state index contributed by atoms with van der Waals surface area (Å²) in [6.07, 6.45) is 5.26. The summed E-state index contributed by atoms with van der Waals surface area (Å²) in [4.78, 5) is 6.81. The number of likely N-dealkylation sites (tertiary alicyclic amines) is 2. The SMILES string of the molecule is c1ccc(CN2CCC(NCC(c3cccs3)N3CCCC3)CC2)cc1. The third-order valence-corrected chi connectivity index (χ3v) is 6.86. The predicted molar refractivity (Wildman–Crippen MR) is 111 cm³/mol. The van der Waals surface area contributed by atoms with E-state index >= 15 is 0 Å². The van der Waals surface area contributed by atoms with Crippen LogP contribution in [0.25, 0.3) is 0 Å². The van der Waals surface area contributed by atoms with Gasteiger partial charge < -0.3 is 5.32 Å². The summed E-state index contributed by atoms with van der Waals surface area (Å²) in [5.74, 6) is 0. The lowest BCUT2D eigenvalue weighted by Crippen LogP contribution is -2.45. The van der Waals surface area contributed by atoms with E-state index in [4.69, 9.17) is 0 Å². The minimum Gasteiger partial charge on any atom is -0.312 e. The van der Waals surface area contributed by atoms with Crippen LogP contribution in [0.15, 0.2) is 47.8 Å². The highest BCUT2D eigenvalue weighted by Gasteiger charge is 2.26. The van der Waals surface area contributed by atoms with Crippen LogP contribution in [0, 0.1) is 0 Å². The van der Waals surface area contributed by atoms with Gasteiger partial charge in [-0.3, -0.25) is 9.80 Å². The average molecular weight is 370 g/mol. The number of piperidine rings is 1. The summed E-state index contributed by atoms with van der Waals surface area (Å²) < 4.78 is 0. The molecule has 2 saturated heterocycles. The zero-order chi connectivity index (χ0) is 17.6. The third kappa shape index (κ3) is 4.74. The maximum absolute atomic E-state index is 3.91. The molecule has 3 heterocycles. The van der Waals surface area contributed by atoms with E-state index in [0.29, 0.717) is 12.1 Å². The van der Waals surface area contributed by atoms with Gasteiger partial charge in [0, 0.05) is 24.0 Å². The minimum atomic E-state index is 0.569. The van der Waals surface area contributed by atoms with Gasteiger partial charge in [-0.25, -0.2) is 0 Å². The number of benzene rings is 1. The Kier molecular flexibility index (Phi) is 6.39. The van der Waals surface area contributed by atoms with Crippen LogP contribution in [0.3, 0.4) is 0 Å². The molecule has 0 aliphatic carbocycles. The van der Waals surface area contributed by atoms with E-state index in [9.17, 15) is 0 Å². The summed E-state index contributed by atoms with van der Waals surface area (Å²) in [6.45, 7) is 7.14. The van der Waals surface area contributed by atoms with E-state index in [-0.39, 0.29) is 0 Å². The van der Waals surface area contributed by atoms with Crippen molar-refractivity contribution in [1.82, 2.24) is 15.1 Å². The van der Waals surface area contributed by atoms with Crippen LogP contribution in [0.1, 0.15) is 42.2 Å². The maximum Gasteiger partial charge on any atom is 0.0566 e. The maximum atomic E-state index is 3.91. The smallest absolute Gasteiger partial charge is 0.0566 e.